The molecule has 1 rings (SSSR count). The third kappa shape index (κ3) is 1.08. The fourth-order valence-corrected chi connectivity index (χ4v) is 0.375. The van der Waals surface area contributed by atoms with Gasteiger partial charge < -0.3 is 4.74 Å². The zero-order chi connectivity index (χ0) is 5.11. The molecule has 0 radical (unpaired) electrons. The maximum Gasteiger partial charge on any atom is 0.271 e. The van der Waals surface area contributed by atoms with Crippen molar-refractivity contribution in [2.75, 3.05) is 13.2 Å². The zero-order valence-corrected chi connectivity index (χ0v) is 3.76. The second-order valence-corrected chi connectivity index (χ2v) is 1.22. The lowest BCUT2D eigenvalue weighted by Gasteiger charge is -1.99. The number of hydrogen-bond acceptors (Lipinski definition) is 2. The van der Waals surface area contributed by atoms with Gasteiger partial charge in [-0.25, -0.2) is 4.99 Å². The van der Waals surface area contributed by atoms with Gasteiger partial charge in [0.1, 0.15) is 6.61 Å². The summed E-state index contributed by atoms with van der Waals surface area (Å²) in [6.07, 6.45) is 1.46. The van der Waals surface area contributed by atoms with Crippen molar-refractivity contribution in [3.05, 3.63) is 0 Å². The molecule has 3 nitrogen and oxygen atoms in total. The highest BCUT2D eigenvalue weighted by Gasteiger charge is 1.99. The van der Waals surface area contributed by atoms with Gasteiger partial charge in [0, 0.05) is 6.21 Å². The summed E-state index contributed by atoms with van der Waals surface area (Å²) in [7, 11) is 0. The van der Waals surface area contributed by atoms with Crippen LogP contribution in [-0.2, 0) is 9.53 Å². The minimum atomic E-state index is -0.189. The van der Waals surface area contributed by atoms with Crippen molar-refractivity contribution in [3.8, 4) is 0 Å². The van der Waals surface area contributed by atoms with Crippen LogP contribution in [0, 0.1) is 0 Å². The van der Waals surface area contributed by atoms with E-state index in [2.05, 4.69) is 9.73 Å². The molecule has 0 aromatic carbocycles. The smallest absolute Gasteiger partial charge is 0.271 e. The predicted molar refractivity (Wildman–Crippen MR) is 24.3 cm³/mol. The highest BCUT2D eigenvalue weighted by molar-refractivity contribution is 5.87. The van der Waals surface area contributed by atoms with Gasteiger partial charge in [-0.3, -0.25) is 4.79 Å². The molecule has 7 heavy (non-hydrogen) atoms. The normalized spacial score (nSPS) is 20.3. The lowest BCUT2D eigenvalue weighted by molar-refractivity contribution is -0.122. The number of hydrogen-bond donors (Lipinski definition) is 0. The van der Waals surface area contributed by atoms with Crippen LogP contribution in [0.5, 0.6) is 0 Å². The van der Waals surface area contributed by atoms with Gasteiger partial charge in [-0.2, -0.15) is 0 Å². The lowest BCUT2D eigenvalue weighted by Crippen LogP contribution is -2.13. The molecule has 1 heterocycles. The highest BCUT2D eigenvalue weighted by atomic mass is 16.5. The van der Waals surface area contributed by atoms with Crippen molar-refractivity contribution in [2.45, 2.75) is 0 Å². The molecule has 0 fully saturated rings. The summed E-state index contributed by atoms with van der Waals surface area (Å²) in [5, 5.41) is 0. The van der Waals surface area contributed by atoms with Gasteiger partial charge in [-0.05, 0) is 0 Å². The van der Waals surface area contributed by atoms with E-state index in [9.17, 15) is 4.79 Å². The summed E-state index contributed by atoms with van der Waals surface area (Å²) in [4.78, 5) is 13.6. The number of nitrogens with zero attached hydrogens (tertiary/aromatic N) is 1. The predicted octanol–water partition coefficient (Wildman–Crippen LogP) is -0.386. The molecule has 0 unspecified atom stereocenters. The van der Waals surface area contributed by atoms with Crippen molar-refractivity contribution >= 4 is 12.1 Å². The number of rotatable bonds is 0. The molecule has 0 bridgehead atoms. The van der Waals surface area contributed by atoms with Gasteiger partial charge in [0.15, 0.2) is 0 Å². The van der Waals surface area contributed by atoms with Crippen LogP contribution in [0.15, 0.2) is 4.99 Å². The topological polar surface area (TPSA) is 38.7 Å². The summed E-state index contributed by atoms with van der Waals surface area (Å²) in [6, 6.07) is 0. The largest absolute Gasteiger partial charge is 0.366 e. The summed E-state index contributed by atoms with van der Waals surface area (Å²) < 4.78 is 4.68. The third-order valence-corrected chi connectivity index (χ3v) is 0.653. The van der Waals surface area contributed by atoms with Crippen LogP contribution in [0.4, 0.5) is 0 Å². The Labute approximate surface area is 41.0 Å². The van der Waals surface area contributed by atoms with Crippen LogP contribution >= 0.6 is 0 Å². The summed E-state index contributed by atoms with van der Waals surface area (Å²) in [5.74, 6) is -0.189. The van der Waals surface area contributed by atoms with E-state index in [4.69, 9.17) is 0 Å². The van der Waals surface area contributed by atoms with E-state index in [1.54, 1.807) is 0 Å². The SMILES string of the molecule is O=C1COCC=N1. The van der Waals surface area contributed by atoms with Crippen molar-refractivity contribution in [2.24, 2.45) is 4.99 Å². The second kappa shape index (κ2) is 1.84. The number of ether oxygens (including phenoxy) is 1. The fourth-order valence-electron chi connectivity index (χ4n) is 0.375. The molecule has 1 aliphatic rings. The maximum absolute atomic E-state index is 10.1. The summed E-state index contributed by atoms with van der Waals surface area (Å²) in [5.41, 5.74) is 0. The maximum atomic E-state index is 10.1. The van der Waals surface area contributed by atoms with Gasteiger partial charge in [0.05, 0.1) is 6.61 Å². The van der Waals surface area contributed by atoms with Crippen LogP contribution in [0.3, 0.4) is 0 Å². The van der Waals surface area contributed by atoms with Gasteiger partial charge >= 0.3 is 0 Å². The molecular weight excluding hydrogens is 94.0 g/mol. The first-order valence-corrected chi connectivity index (χ1v) is 2.03. The van der Waals surface area contributed by atoms with Gasteiger partial charge in [0.2, 0.25) is 0 Å². The van der Waals surface area contributed by atoms with E-state index < -0.39 is 0 Å². The molecule has 0 N–H and O–H groups in total. The minimum Gasteiger partial charge on any atom is -0.366 e. The Morgan fingerprint density at radius 2 is 2.71 bits per heavy atom. The average molecular weight is 99.1 g/mol. The standard InChI is InChI=1S/C4H5NO2/c6-4-3-7-2-1-5-4/h1H,2-3H2. The van der Waals surface area contributed by atoms with Crippen LogP contribution in [0.25, 0.3) is 0 Å². The Kier molecular flexibility index (Phi) is 1.17. The van der Waals surface area contributed by atoms with E-state index >= 15 is 0 Å². The molecule has 0 aliphatic carbocycles. The van der Waals surface area contributed by atoms with E-state index in [0.717, 1.165) is 0 Å². The van der Waals surface area contributed by atoms with Gasteiger partial charge in [0.25, 0.3) is 5.91 Å². The quantitative estimate of drug-likeness (QED) is 0.415. The fraction of sp³-hybridized carbons (Fsp3) is 0.500. The van der Waals surface area contributed by atoms with Crippen LogP contribution in [-0.4, -0.2) is 25.3 Å². The second-order valence-electron chi connectivity index (χ2n) is 1.22. The van der Waals surface area contributed by atoms with Crippen LogP contribution in [0.2, 0.25) is 0 Å². The Hall–Kier alpha value is -0.700. The molecular formula is C4H5NO2. The highest BCUT2D eigenvalue weighted by Crippen LogP contribution is 1.83. The first-order chi connectivity index (χ1) is 3.39. The molecule has 0 aromatic heterocycles. The number of carbonyl (C=O) groups is 1. The molecule has 0 saturated carbocycles. The van der Waals surface area contributed by atoms with Crippen molar-refractivity contribution in [1.82, 2.24) is 0 Å². The minimum absolute atomic E-state index is 0.149. The molecule has 1 amide bonds. The van der Waals surface area contributed by atoms with E-state index in [1.807, 2.05) is 0 Å². The summed E-state index contributed by atoms with van der Waals surface area (Å²) >= 11 is 0. The van der Waals surface area contributed by atoms with E-state index in [0.29, 0.717) is 6.61 Å². The number of amides is 1. The summed E-state index contributed by atoms with van der Waals surface area (Å²) in [6.45, 7) is 0.627. The van der Waals surface area contributed by atoms with E-state index in [1.165, 1.54) is 6.21 Å². The molecule has 0 spiro atoms. The monoisotopic (exact) mass is 99.0 g/mol. The molecule has 0 aromatic rings. The molecule has 0 atom stereocenters. The zero-order valence-electron chi connectivity index (χ0n) is 3.76. The van der Waals surface area contributed by atoms with E-state index in [-0.39, 0.29) is 12.5 Å². The number of aliphatic imine (C=N–C) groups is 1. The third-order valence-electron chi connectivity index (χ3n) is 0.653. The Morgan fingerprint density at radius 1 is 1.86 bits per heavy atom. The molecule has 3 heteroatoms. The number of carbonyl (C=O) groups excluding carboxylic acids is 1. The van der Waals surface area contributed by atoms with Crippen LogP contribution in [0.1, 0.15) is 0 Å². The van der Waals surface area contributed by atoms with Crippen molar-refractivity contribution in [1.29, 1.82) is 0 Å². The van der Waals surface area contributed by atoms with Crippen molar-refractivity contribution in [3.63, 3.8) is 0 Å². The first kappa shape index (κ1) is 4.46. The Morgan fingerprint density at radius 3 is 3.00 bits per heavy atom. The first-order valence-electron chi connectivity index (χ1n) is 2.03. The van der Waals surface area contributed by atoms with Gasteiger partial charge in [-0.1, -0.05) is 0 Å². The Bertz CT molecular complexity index is 108. The Balaban J connectivity index is 2.51. The molecule has 38 valence electrons. The molecule has 1 aliphatic heterocycles. The average Bonchev–Trinajstić information content (AvgIpc) is 1.69. The van der Waals surface area contributed by atoms with Crippen molar-refractivity contribution < 1.29 is 9.53 Å². The van der Waals surface area contributed by atoms with Crippen LogP contribution < -0.4 is 0 Å². The van der Waals surface area contributed by atoms with Gasteiger partial charge in [-0.15, -0.1) is 0 Å². The molecule has 0 saturated heterocycles. The lowest BCUT2D eigenvalue weighted by atomic mass is 10.6.